The van der Waals surface area contributed by atoms with E-state index in [9.17, 15) is 13.6 Å². The van der Waals surface area contributed by atoms with Crippen molar-refractivity contribution < 1.29 is 13.6 Å². The van der Waals surface area contributed by atoms with Gasteiger partial charge in [-0.15, -0.1) is 11.8 Å². The SMILES string of the molecule is O=C(N[C@H](CSc1ccccc1)Cc1ccccc1)C(F)(F)Br. The molecule has 2 nitrogen and oxygen atoms in total. The average Bonchev–Trinajstić information content (AvgIpc) is 2.53. The quantitative estimate of drug-likeness (QED) is 0.548. The maximum Gasteiger partial charge on any atom is 0.377 e. The van der Waals surface area contributed by atoms with Crippen LogP contribution in [0.5, 0.6) is 0 Å². The van der Waals surface area contributed by atoms with Crippen LogP contribution in [0, 0.1) is 0 Å². The van der Waals surface area contributed by atoms with Crippen LogP contribution in [-0.2, 0) is 11.2 Å². The number of benzene rings is 2. The lowest BCUT2D eigenvalue weighted by molar-refractivity contribution is -0.134. The molecule has 0 aromatic heterocycles. The molecule has 0 aliphatic heterocycles. The molecule has 6 heteroatoms. The summed E-state index contributed by atoms with van der Waals surface area (Å²) in [5.74, 6) is -0.805. The Balaban J connectivity index is 2.03. The number of carbonyl (C=O) groups excluding carboxylic acids is 1. The van der Waals surface area contributed by atoms with Crippen molar-refractivity contribution in [3.05, 3.63) is 66.2 Å². The van der Waals surface area contributed by atoms with Gasteiger partial charge in [0.15, 0.2) is 0 Å². The predicted molar refractivity (Wildman–Crippen MR) is 93.1 cm³/mol. The van der Waals surface area contributed by atoms with E-state index >= 15 is 0 Å². The highest BCUT2D eigenvalue weighted by Gasteiger charge is 2.36. The zero-order chi connectivity index (χ0) is 16.7. The van der Waals surface area contributed by atoms with Crippen molar-refractivity contribution in [2.24, 2.45) is 0 Å². The van der Waals surface area contributed by atoms with Crippen LogP contribution in [0.3, 0.4) is 0 Å². The zero-order valence-corrected chi connectivity index (χ0v) is 14.6. The molecule has 23 heavy (non-hydrogen) atoms. The summed E-state index contributed by atoms with van der Waals surface area (Å²) in [6, 6.07) is 18.8. The van der Waals surface area contributed by atoms with Crippen LogP contribution in [0.25, 0.3) is 0 Å². The Bertz CT molecular complexity index is 619. The largest absolute Gasteiger partial charge is 0.377 e. The number of thioether (sulfide) groups is 1. The molecular weight excluding hydrogens is 384 g/mol. The summed E-state index contributed by atoms with van der Waals surface area (Å²) in [4.78, 5) is 9.04. The molecular formula is C17H16BrF2NOS. The van der Waals surface area contributed by atoms with Gasteiger partial charge in [0.05, 0.1) is 0 Å². The second-order valence-electron chi connectivity index (χ2n) is 4.98. The first kappa shape index (κ1) is 17.9. The fraction of sp³-hybridized carbons (Fsp3) is 0.235. The Hall–Kier alpha value is -1.40. The van der Waals surface area contributed by atoms with Gasteiger partial charge in [-0.1, -0.05) is 48.5 Å². The van der Waals surface area contributed by atoms with Gasteiger partial charge in [-0.25, -0.2) is 0 Å². The summed E-state index contributed by atoms with van der Waals surface area (Å²) in [5.41, 5.74) is 0.990. The van der Waals surface area contributed by atoms with Gasteiger partial charge in [0.2, 0.25) is 0 Å². The standard InChI is InChI=1S/C17H16BrF2NOS/c18-17(19,20)16(22)21-14(11-13-7-3-1-4-8-13)12-23-15-9-5-2-6-10-15/h1-10,14H,11-12H2,(H,21,22)/t14-/m0/s1. The third-order valence-electron chi connectivity index (χ3n) is 3.11. The predicted octanol–water partition coefficient (Wildman–Crippen LogP) is 4.49. The number of amides is 1. The molecule has 2 aromatic rings. The lowest BCUT2D eigenvalue weighted by atomic mass is 10.1. The molecule has 0 fully saturated rings. The lowest BCUT2D eigenvalue weighted by Crippen LogP contribution is -2.44. The molecule has 2 aromatic carbocycles. The van der Waals surface area contributed by atoms with E-state index in [1.165, 1.54) is 11.8 Å². The molecule has 1 N–H and O–H groups in total. The maximum atomic E-state index is 13.1. The van der Waals surface area contributed by atoms with Gasteiger partial charge in [0.1, 0.15) is 0 Å². The van der Waals surface area contributed by atoms with E-state index in [-0.39, 0.29) is 0 Å². The fourth-order valence-corrected chi connectivity index (χ4v) is 3.09. The number of nitrogens with one attached hydrogen (secondary N) is 1. The van der Waals surface area contributed by atoms with E-state index in [1.54, 1.807) is 0 Å². The van der Waals surface area contributed by atoms with Crippen molar-refractivity contribution >= 4 is 33.6 Å². The molecule has 0 spiro atoms. The highest BCUT2D eigenvalue weighted by molar-refractivity contribution is 9.10. The Morgan fingerprint density at radius 3 is 2.22 bits per heavy atom. The minimum atomic E-state index is -3.56. The van der Waals surface area contributed by atoms with Crippen molar-refractivity contribution in [3.8, 4) is 0 Å². The van der Waals surface area contributed by atoms with Crippen LogP contribution in [0.2, 0.25) is 0 Å². The van der Waals surface area contributed by atoms with E-state index in [0.717, 1.165) is 10.5 Å². The zero-order valence-electron chi connectivity index (χ0n) is 12.2. The van der Waals surface area contributed by atoms with Gasteiger partial charge in [0.25, 0.3) is 0 Å². The van der Waals surface area contributed by atoms with E-state index in [4.69, 9.17) is 0 Å². The Labute approximate surface area is 146 Å². The summed E-state index contributed by atoms with van der Waals surface area (Å²) < 4.78 is 26.2. The highest BCUT2D eigenvalue weighted by Crippen LogP contribution is 2.23. The van der Waals surface area contributed by atoms with Gasteiger partial charge >= 0.3 is 10.7 Å². The van der Waals surface area contributed by atoms with Gasteiger partial charge < -0.3 is 5.32 Å². The summed E-state index contributed by atoms with van der Waals surface area (Å²) in [5, 5.41) is 2.42. The fourth-order valence-electron chi connectivity index (χ4n) is 2.03. The van der Waals surface area contributed by atoms with Crippen LogP contribution < -0.4 is 5.32 Å². The van der Waals surface area contributed by atoms with Crippen molar-refractivity contribution in [1.29, 1.82) is 0 Å². The minimum Gasteiger partial charge on any atom is -0.346 e. The minimum absolute atomic E-state index is 0.390. The Morgan fingerprint density at radius 2 is 1.65 bits per heavy atom. The second kappa shape index (κ2) is 8.45. The van der Waals surface area contributed by atoms with E-state index < -0.39 is 16.8 Å². The smallest absolute Gasteiger partial charge is 0.346 e. The first-order chi connectivity index (χ1) is 10.9. The molecule has 0 bridgehead atoms. The van der Waals surface area contributed by atoms with Crippen LogP contribution >= 0.6 is 27.7 Å². The van der Waals surface area contributed by atoms with Crippen LogP contribution in [-0.4, -0.2) is 22.5 Å². The normalized spacial score (nSPS) is 12.7. The number of alkyl halides is 3. The Morgan fingerprint density at radius 1 is 1.09 bits per heavy atom. The van der Waals surface area contributed by atoms with Gasteiger partial charge in [0, 0.05) is 32.6 Å². The van der Waals surface area contributed by atoms with Crippen LogP contribution in [0.15, 0.2) is 65.6 Å². The van der Waals surface area contributed by atoms with Gasteiger partial charge in [-0.05, 0) is 24.1 Å². The van der Waals surface area contributed by atoms with Crippen molar-refractivity contribution in [2.75, 3.05) is 5.75 Å². The third-order valence-corrected chi connectivity index (χ3v) is 4.65. The van der Waals surface area contributed by atoms with E-state index in [2.05, 4.69) is 21.2 Å². The van der Waals surface area contributed by atoms with Gasteiger partial charge in [-0.2, -0.15) is 8.78 Å². The monoisotopic (exact) mass is 399 g/mol. The van der Waals surface area contributed by atoms with E-state index in [1.807, 2.05) is 60.7 Å². The molecule has 0 unspecified atom stereocenters. The van der Waals surface area contributed by atoms with Crippen molar-refractivity contribution in [2.45, 2.75) is 22.2 Å². The highest BCUT2D eigenvalue weighted by atomic mass is 79.9. The first-order valence-electron chi connectivity index (χ1n) is 7.04. The van der Waals surface area contributed by atoms with E-state index in [0.29, 0.717) is 12.2 Å². The summed E-state index contributed by atoms with van der Waals surface area (Å²) in [6.45, 7) is 0. The molecule has 1 atom stereocenters. The van der Waals surface area contributed by atoms with Crippen LogP contribution in [0.4, 0.5) is 8.78 Å². The molecule has 122 valence electrons. The molecule has 0 heterocycles. The summed E-state index contributed by atoms with van der Waals surface area (Å²) in [7, 11) is 0. The first-order valence-corrected chi connectivity index (χ1v) is 8.82. The van der Waals surface area contributed by atoms with Gasteiger partial charge in [-0.3, -0.25) is 4.79 Å². The number of rotatable bonds is 7. The average molecular weight is 400 g/mol. The molecule has 0 saturated carbocycles. The molecule has 0 radical (unpaired) electrons. The Kier molecular flexibility index (Phi) is 6.59. The lowest BCUT2D eigenvalue weighted by Gasteiger charge is -2.20. The number of halogens is 3. The molecule has 0 aliphatic rings. The van der Waals surface area contributed by atoms with Crippen LogP contribution in [0.1, 0.15) is 5.56 Å². The van der Waals surface area contributed by atoms with Crippen molar-refractivity contribution in [3.63, 3.8) is 0 Å². The summed E-state index contributed by atoms with van der Waals surface area (Å²) >= 11 is 3.63. The maximum absolute atomic E-state index is 13.1. The summed E-state index contributed by atoms with van der Waals surface area (Å²) in [6.07, 6.45) is 0.496. The number of hydrogen-bond acceptors (Lipinski definition) is 2. The molecule has 0 saturated heterocycles. The number of hydrogen-bond donors (Lipinski definition) is 1. The molecule has 1 amide bonds. The number of carbonyl (C=O) groups is 1. The van der Waals surface area contributed by atoms with Crippen molar-refractivity contribution in [1.82, 2.24) is 5.32 Å². The molecule has 0 aliphatic carbocycles. The molecule has 2 rings (SSSR count). The topological polar surface area (TPSA) is 29.1 Å². The second-order valence-corrected chi connectivity index (χ2v) is 7.07. The third kappa shape index (κ3) is 6.31.